The lowest BCUT2D eigenvalue weighted by atomic mass is 9.86. The van der Waals surface area contributed by atoms with Crippen molar-refractivity contribution in [3.05, 3.63) is 30.0 Å². The average molecular weight is 285 g/mol. The summed E-state index contributed by atoms with van der Waals surface area (Å²) in [5.41, 5.74) is 2.01. The predicted octanol–water partition coefficient (Wildman–Crippen LogP) is 3.04. The average Bonchev–Trinajstić information content (AvgIpc) is 2.79. The normalized spacial score (nSPS) is 22.4. The molecule has 4 nitrogen and oxygen atoms in total. The van der Waals surface area contributed by atoms with E-state index in [0.29, 0.717) is 18.5 Å². The second kappa shape index (κ2) is 5.88. The van der Waals surface area contributed by atoms with Gasteiger partial charge in [0.15, 0.2) is 0 Å². The zero-order chi connectivity index (χ0) is 14.8. The quantitative estimate of drug-likeness (QED) is 0.942. The van der Waals surface area contributed by atoms with Gasteiger partial charge in [0.2, 0.25) is 5.91 Å². The van der Waals surface area contributed by atoms with Crippen LogP contribution < -0.4 is 5.32 Å². The van der Waals surface area contributed by atoms with Crippen LogP contribution in [0.1, 0.15) is 38.3 Å². The number of hydrogen-bond acceptors (Lipinski definition) is 2. The maximum Gasteiger partial charge on any atom is 0.241 e. The molecule has 2 aromatic rings. The minimum atomic E-state index is 0.0713. The van der Waals surface area contributed by atoms with Crippen molar-refractivity contribution in [1.29, 1.82) is 0 Å². The van der Waals surface area contributed by atoms with Crippen molar-refractivity contribution in [3.63, 3.8) is 0 Å². The highest BCUT2D eigenvalue weighted by Gasteiger charge is 2.23. The molecule has 1 aromatic heterocycles. The number of aryl methyl sites for hydroxylation is 1. The lowest BCUT2D eigenvalue weighted by Gasteiger charge is -2.29. The van der Waals surface area contributed by atoms with Gasteiger partial charge >= 0.3 is 0 Å². The number of para-hydroxylation sites is 1. The standard InChI is InChI=1S/C17H23N3O/c1-12-7-3-5-9-15(12)18-17(21)11-20-16-10-6-4-8-14(16)13(2)19-20/h4,6,8,10,12,15H,3,5,7,9,11H2,1-2H3,(H,18,21)/t12-,15+/m1/s1. The number of rotatable bonds is 3. The van der Waals surface area contributed by atoms with E-state index in [9.17, 15) is 4.79 Å². The Bertz CT molecular complexity index is 647. The molecule has 1 aliphatic carbocycles. The molecule has 112 valence electrons. The molecule has 0 saturated heterocycles. The van der Waals surface area contributed by atoms with Crippen molar-refractivity contribution in [3.8, 4) is 0 Å². The SMILES string of the molecule is Cc1nn(CC(=O)N[C@H]2CCCC[C@H]2C)c2ccccc12. The molecule has 0 bridgehead atoms. The summed E-state index contributed by atoms with van der Waals surface area (Å²) in [6, 6.07) is 8.39. The zero-order valence-electron chi connectivity index (χ0n) is 12.8. The molecule has 1 heterocycles. The Labute approximate surface area is 125 Å². The van der Waals surface area contributed by atoms with Crippen LogP contribution in [0.3, 0.4) is 0 Å². The Balaban J connectivity index is 1.71. The van der Waals surface area contributed by atoms with Crippen LogP contribution in [-0.4, -0.2) is 21.7 Å². The van der Waals surface area contributed by atoms with Crippen LogP contribution in [0.2, 0.25) is 0 Å². The molecule has 0 unspecified atom stereocenters. The van der Waals surface area contributed by atoms with E-state index in [4.69, 9.17) is 0 Å². The van der Waals surface area contributed by atoms with Crippen molar-refractivity contribution < 1.29 is 4.79 Å². The third kappa shape index (κ3) is 2.94. The predicted molar refractivity (Wildman–Crippen MR) is 84.0 cm³/mol. The first-order valence-electron chi connectivity index (χ1n) is 7.86. The largest absolute Gasteiger partial charge is 0.351 e. The minimum absolute atomic E-state index is 0.0713. The first-order chi connectivity index (χ1) is 10.1. The van der Waals surface area contributed by atoms with E-state index in [1.807, 2.05) is 29.8 Å². The summed E-state index contributed by atoms with van der Waals surface area (Å²) in [7, 11) is 0. The van der Waals surface area contributed by atoms with Crippen molar-refractivity contribution >= 4 is 16.8 Å². The Kier molecular flexibility index (Phi) is 3.95. The maximum absolute atomic E-state index is 12.3. The van der Waals surface area contributed by atoms with Gasteiger partial charge in [-0.25, -0.2) is 0 Å². The van der Waals surface area contributed by atoms with Crippen LogP contribution in [0.4, 0.5) is 0 Å². The summed E-state index contributed by atoms with van der Waals surface area (Å²) in [5, 5.41) is 8.81. The third-order valence-corrected chi connectivity index (χ3v) is 4.59. The highest BCUT2D eigenvalue weighted by molar-refractivity contribution is 5.84. The number of fused-ring (bicyclic) bond motifs is 1. The van der Waals surface area contributed by atoms with Gasteiger partial charge in [-0.15, -0.1) is 0 Å². The summed E-state index contributed by atoms with van der Waals surface area (Å²) in [5.74, 6) is 0.654. The van der Waals surface area contributed by atoms with Gasteiger partial charge in [-0.2, -0.15) is 5.10 Å². The van der Waals surface area contributed by atoms with Gasteiger partial charge in [-0.05, 0) is 31.7 Å². The number of nitrogens with zero attached hydrogens (tertiary/aromatic N) is 2. The zero-order valence-corrected chi connectivity index (χ0v) is 12.8. The fraction of sp³-hybridized carbons (Fsp3) is 0.529. The van der Waals surface area contributed by atoms with E-state index in [2.05, 4.69) is 23.4 Å². The molecule has 1 N–H and O–H groups in total. The van der Waals surface area contributed by atoms with Crippen molar-refractivity contribution in [2.45, 2.75) is 52.1 Å². The molecule has 3 rings (SSSR count). The van der Waals surface area contributed by atoms with Crippen LogP contribution in [0, 0.1) is 12.8 Å². The Hall–Kier alpha value is -1.84. The van der Waals surface area contributed by atoms with E-state index >= 15 is 0 Å². The van der Waals surface area contributed by atoms with Crippen LogP contribution in [0.25, 0.3) is 10.9 Å². The minimum Gasteiger partial charge on any atom is -0.351 e. The van der Waals surface area contributed by atoms with Crippen LogP contribution in [0.5, 0.6) is 0 Å². The maximum atomic E-state index is 12.3. The second-order valence-corrected chi connectivity index (χ2v) is 6.20. The first-order valence-corrected chi connectivity index (χ1v) is 7.86. The molecule has 0 radical (unpaired) electrons. The molecule has 1 aliphatic rings. The summed E-state index contributed by atoms with van der Waals surface area (Å²) in [6.07, 6.45) is 4.83. The number of amides is 1. The molecular weight excluding hydrogens is 262 g/mol. The molecule has 1 amide bonds. The van der Waals surface area contributed by atoms with Crippen molar-refractivity contribution in [2.24, 2.45) is 5.92 Å². The number of carbonyl (C=O) groups excluding carboxylic acids is 1. The second-order valence-electron chi connectivity index (χ2n) is 6.20. The van der Waals surface area contributed by atoms with Crippen LogP contribution in [-0.2, 0) is 11.3 Å². The van der Waals surface area contributed by atoms with Crippen LogP contribution >= 0.6 is 0 Å². The Morgan fingerprint density at radius 1 is 1.33 bits per heavy atom. The number of carbonyl (C=O) groups is 1. The molecule has 0 aliphatic heterocycles. The number of hydrogen-bond donors (Lipinski definition) is 1. The van der Waals surface area contributed by atoms with Crippen molar-refractivity contribution in [1.82, 2.24) is 15.1 Å². The summed E-state index contributed by atoms with van der Waals surface area (Å²) >= 11 is 0. The van der Waals surface area contributed by atoms with Gasteiger partial charge in [0.25, 0.3) is 0 Å². The summed E-state index contributed by atoms with van der Waals surface area (Å²) in [6.45, 7) is 4.52. The van der Waals surface area contributed by atoms with E-state index in [1.165, 1.54) is 19.3 Å². The number of aromatic nitrogens is 2. The third-order valence-electron chi connectivity index (χ3n) is 4.59. The van der Waals surface area contributed by atoms with E-state index in [0.717, 1.165) is 23.0 Å². The van der Waals surface area contributed by atoms with Gasteiger partial charge in [0.05, 0.1) is 11.2 Å². The smallest absolute Gasteiger partial charge is 0.241 e. The number of nitrogens with one attached hydrogen (secondary N) is 1. The van der Waals surface area contributed by atoms with E-state index in [-0.39, 0.29) is 5.91 Å². The Morgan fingerprint density at radius 3 is 2.90 bits per heavy atom. The van der Waals surface area contributed by atoms with E-state index in [1.54, 1.807) is 0 Å². The molecule has 2 atom stereocenters. The fourth-order valence-electron chi connectivity index (χ4n) is 3.33. The summed E-state index contributed by atoms with van der Waals surface area (Å²) in [4.78, 5) is 12.3. The Morgan fingerprint density at radius 2 is 2.10 bits per heavy atom. The van der Waals surface area contributed by atoms with Gasteiger partial charge in [-0.1, -0.05) is 38.0 Å². The fourth-order valence-corrected chi connectivity index (χ4v) is 3.33. The molecular formula is C17H23N3O. The lowest BCUT2D eigenvalue weighted by Crippen LogP contribution is -2.42. The lowest BCUT2D eigenvalue weighted by molar-refractivity contribution is -0.123. The molecule has 1 saturated carbocycles. The van der Waals surface area contributed by atoms with Gasteiger partial charge in [0.1, 0.15) is 6.54 Å². The number of benzene rings is 1. The highest BCUT2D eigenvalue weighted by atomic mass is 16.2. The van der Waals surface area contributed by atoms with Gasteiger partial charge in [-0.3, -0.25) is 9.48 Å². The van der Waals surface area contributed by atoms with Gasteiger partial charge < -0.3 is 5.32 Å². The molecule has 0 spiro atoms. The molecule has 4 heteroatoms. The topological polar surface area (TPSA) is 46.9 Å². The molecule has 1 fully saturated rings. The molecule has 1 aromatic carbocycles. The summed E-state index contributed by atoms with van der Waals surface area (Å²) < 4.78 is 1.81. The molecule has 21 heavy (non-hydrogen) atoms. The highest BCUT2D eigenvalue weighted by Crippen LogP contribution is 2.24. The first kappa shape index (κ1) is 14.1. The van der Waals surface area contributed by atoms with Crippen molar-refractivity contribution in [2.75, 3.05) is 0 Å². The van der Waals surface area contributed by atoms with Crippen LogP contribution in [0.15, 0.2) is 24.3 Å². The monoisotopic (exact) mass is 285 g/mol. The van der Waals surface area contributed by atoms with E-state index < -0.39 is 0 Å². The van der Waals surface area contributed by atoms with Gasteiger partial charge in [0, 0.05) is 11.4 Å².